The van der Waals surface area contributed by atoms with Crippen LogP contribution in [-0.2, 0) is 14.3 Å². The first-order valence-electron chi connectivity index (χ1n) is 10.5. The number of nitrogens with zero attached hydrogens (tertiary/aromatic N) is 2. The van der Waals surface area contributed by atoms with Gasteiger partial charge in [-0.25, -0.2) is 0 Å². The standard InChI is InChI=1S/C24H30N2O3/c1-17-6-9-22(10-7-17)26-18(2)15-20(19(26)3)8-11-23(27)25-12-4-5-21(16-25)24-28-13-14-29-24/h6-11,15,21,24H,4-5,12-14,16H2,1-3H3/b11-8+. The molecule has 154 valence electrons. The van der Waals surface area contributed by atoms with Crippen molar-refractivity contribution in [1.29, 1.82) is 0 Å². The zero-order chi connectivity index (χ0) is 20.4. The number of aryl methyl sites for hydroxylation is 2. The van der Waals surface area contributed by atoms with Gasteiger partial charge in [0.05, 0.1) is 13.2 Å². The lowest BCUT2D eigenvalue weighted by molar-refractivity contribution is -0.134. The fourth-order valence-corrected chi connectivity index (χ4v) is 4.40. The summed E-state index contributed by atoms with van der Waals surface area (Å²) in [6.07, 6.45) is 5.55. The van der Waals surface area contributed by atoms with Crippen LogP contribution in [0.4, 0.5) is 0 Å². The molecule has 4 rings (SSSR count). The quantitative estimate of drug-likeness (QED) is 0.736. The van der Waals surface area contributed by atoms with Crippen LogP contribution in [0.15, 0.2) is 36.4 Å². The van der Waals surface area contributed by atoms with Crippen molar-refractivity contribution in [2.75, 3.05) is 26.3 Å². The Kier molecular flexibility index (Phi) is 5.88. The molecule has 5 nitrogen and oxygen atoms in total. The maximum Gasteiger partial charge on any atom is 0.246 e. The van der Waals surface area contributed by atoms with Gasteiger partial charge in [-0.3, -0.25) is 4.79 Å². The second kappa shape index (κ2) is 8.56. The van der Waals surface area contributed by atoms with Gasteiger partial charge in [0.1, 0.15) is 0 Å². The van der Waals surface area contributed by atoms with Crippen LogP contribution in [0.25, 0.3) is 11.8 Å². The number of hydrogen-bond donors (Lipinski definition) is 0. The Morgan fingerprint density at radius 2 is 1.83 bits per heavy atom. The summed E-state index contributed by atoms with van der Waals surface area (Å²) >= 11 is 0. The van der Waals surface area contributed by atoms with Crippen molar-refractivity contribution >= 4 is 12.0 Å². The Bertz CT molecular complexity index is 892. The number of ether oxygens (including phenoxy) is 2. The Morgan fingerprint density at radius 1 is 1.10 bits per heavy atom. The maximum atomic E-state index is 12.8. The molecular formula is C24H30N2O3. The first kappa shape index (κ1) is 19.9. The third-order valence-electron chi connectivity index (χ3n) is 5.97. The number of likely N-dealkylation sites (tertiary alicyclic amines) is 1. The molecule has 0 saturated carbocycles. The van der Waals surface area contributed by atoms with Crippen molar-refractivity contribution in [1.82, 2.24) is 9.47 Å². The Labute approximate surface area is 172 Å². The van der Waals surface area contributed by atoms with Crippen LogP contribution in [0, 0.1) is 26.7 Å². The van der Waals surface area contributed by atoms with Crippen molar-refractivity contribution in [3.05, 3.63) is 58.9 Å². The van der Waals surface area contributed by atoms with E-state index < -0.39 is 0 Å². The van der Waals surface area contributed by atoms with Gasteiger partial charge in [0, 0.05) is 42.2 Å². The molecule has 0 spiro atoms. The molecule has 0 N–H and O–H groups in total. The Hall–Kier alpha value is -2.37. The van der Waals surface area contributed by atoms with E-state index in [0.29, 0.717) is 19.8 Å². The molecule has 5 heteroatoms. The van der Waals surface area contributed by atoms with Gasteiger partial charge < -0.3 is 18.9 Å². The third-order valence-corrected chi connectivity index (χ3v) is 5.97. The van der Waals surface area contributed by atoms with Gasteiger partial charge in [-0.1, -0.05) is 17.7 Å². The minimum Gasteiger partial charge on any atom is -0.350 e. The third kappa shape index (κ3) is 4.31. The normalized spacial score (nSPS) is 20.7. The summed E-state index contributed by atoms with van der Waals surface area (Å²) in [5.41, 5.74) is 5.77. The van der Waals surface area contributed by atoms with Gasteiger partial charge in [-0.05, 0) is 63.5 Å². The van der Waals surface area contributed by atoms with Crippen LogP contribution in [0.3, 0.4) is 0 Å². The molecule has 2 aliphatic heterocycles. The second-order valence-corrected chi connectivity index (χ2v) is 8.13. The molecular weight excluding hydrogens is 364 g/mol. The summed E-state index contributed by atoms with van der Waals surface area (Å²) in [5.74, 6) is 0.336. The number of carbonyl (C=O) groups excluding carboxylic acids is 1. The van der Waals surface area contributed by atoms with Crippen LogP contribution in [0.2, 0.25) is 0 Å². The predicted molar refractivity (Wildman–Crippen MR) is 114 cm³/mol. The second-order valence-electron chi connectivity index (χ2n) is 8.13. The molecule has 0 radical (unpaired) electrons. The molecule has 1 aromatic heterocycles. The highest BCUT2D eigenvalue weighted by Crippen LogP contribution is 2.26. The Morgan fingerprint density at radius 3 is 2.55 bits per heavy atom. The van der Waals surface area contributed by atoms with E-state index in [-0.39, 0.29) is 18.1 Å². The highest BCUT2D eigenvalue weighted by Gasteiger charge is 2.32. The van der Waals surface area contributed by atoms with Gasteiger partial charge in [-0.15, -0.1) is 0 Å². The molecule has 2 fully saturated rings. The van der Waals surface area contributed by atoms with Crippen LogP contribution >= 0.6 is 0 Å². The van der Waals surface area contributed by atoms with Crippen LogP contribution < -0.4 is 0 Å². The minimum atomic E-state index is -0.150. The van der Waals surface area contributed by atoms with Gasteiger partial charge in [-0.2, -0.15) is 0 Å². The number of carbonyl (C=O) groups is 1. The lowest BCUT2D eigenvalue weighted by Crippen LogP contribution is -2.43. The van der Waals surface area contributed by atoms with Gasteiger partial charge in [0.2, 0.25) is 5.91 Å². The molecule has 2 saturated heterocycles. The summed E-state index contributed by atoms with van der Waals surface area (Å²) in [7, 11) is 0. The first-order chi connectivity index (χ1) is 14.0. The van der Waals surface area contributed by atoms with Crippen molar-refractivity contribution < 1.29 is 14.3 Å². The summed E-state index contributed by atoms with van der Waals surface area (Å²) in [5, 5.41) is 0. The number of benzene rings is 1. The van der Waals surface area contributed by atoms with E-state index in [1.807, 2.05) is 11.0 Å². The molecule has 29 heavy (non-hydrogen) atoms. The van der Waals surface area contributed by atoms with E-state index in [1.54, 1.807) is 6.08 Å². The molecule has 0 aliphatic carbocycles. The molecule has 0 bridgehead atoms. The average molecular weight is 395 g/mol. The molecule has 2 aromatic rings. The van der Waals surface area contributed by atoms with E-state index in [2.05, 4.69) is 55.7 Å². The summed E-state index contributed by atoms with van der Waals surface area (Å²) in [6.45, 7) is 9.11. The topological polar surface area (TPSA) is 43.7 Å². The SMILES string of the molecule is Cc1ccc(-n2c(C)cc(/C=C/C(=O)N3CCCC(C4OCCO4)C3)c2C)cc1. The predicted octanol–water partition coefficient (Wildman–Crippen LogP) is 4.03. The number of rotatable bonds is 4. The molecule has 1 unspecified atom stereocenters. The zero-order valence-corrected chi connectivity index (χ0v) is 17.6. The van der Waals surface area contributed by atoms with E-state index in [4.69, 9.17) is 9.47 Å². The van der Waals surface area contributed by atoms with Crippen molar-refractivity contribution in [2.24, 2.45) is 5.92 Å². The number of aromatic nitrogens is 1. The first-order valence-corrected chi connectivity index (χ1v) is 10.5. The maximum absolute atomic E-state index is 12.8. The van der Waals surface area contributed by atoms with E-state index in [1.165, 1.54) is 5.56 Å². The summed E-state index contributed by atoms with van der Waals surface area (Å²) in [6, 6.07) is 10.7. The van der Waals surface area contributed by atoms with E-state index in [9.17, 15) is 4.79 Å². The van der Waals surface area contributed by atoms with Crippen molar-refractivity contribution in [3.63, 3.8) is 0 Å². The van der Waals surface area contributed by atoms with E-state index >= 15 is 0 Å². The fourth-order valence-electron chi connectivity index (χ4n) is 4.40. The lowest BCUT2D eigenvalue weighted by atomic mass is 9.97. The van der Waals surface area contributed by atoms with Crippen molar-refractivity contribution in [2.45, 2.75) is 39.9 Å². The van der Waals surface area contributed by atoms with Gasteiger partial charge >= 0.3 is 0 Å². The van der Waals surface area contributed by atoms with Gasteiger partial charge in [0.15, 0.2) is 6.29 Å². The van der Waals surface area contributed by atoms with Gasteiger partial charge in [0.25, 0.3) is 0 Å². The van der Waals surface area contributed by atoms with E-state index in [0.717, 1.165) is 42.0 Å². The number of hydrogen-bond acceptors (Lipinski definition) is 3. The fraction of sp³-hybridized carbons (Fsp3) is 0.458. The summed E-state index contributed by atoms with van der Waals surface area (Å²) < 4.78 is 13.5. The Balaban J connectivity index is 1.46. The minimum absolute atomic E-state index is 0.0628. The number of amides is 1. The van der Waals surface area contributed by atoms with Crippen LogP contribution in [0.1, 0.15) is 35.4 Å². The lowest BCUT2D eigenvalue weighted by Gasteiger charge is -2.34. The molecule has 1 amide bonds. The molecule has 2 aliphatic rings. The highest BCUT2D eigenvalue weighted by molar-refractivity contribution is 5.92. The molecule has 3 heterocycles. The molecule has 1 aromatic carbocycles. The number of piperidine rings is 1. The smallest absolute Gasteiger partial charge is 0.246 e. The van der Waals surface area contributed by atoms with Crippen LogP contribution in [-0.4, -0.2) is 48.0 Å². The van der Waals surface area contributed by atoms with Crippen LogP contribution in [0.5, 0.6) is 0 Å². The zero-order valence-electron chi connectivity index (χ0n) is 17.6. The summed E-state index contributed by atoms with van der Waals surface area (Å²) in [4.78, 5) is 14.7. The highest BCUT2D eigenvalue weighted by atomic mass is 16.7. The molecule has 1 atom stereocenters. The average Bonchev–Trinajstić information content (AvgIpc) is 3.36. The largest absolute Gasteiger partial charge is 0.350 e. The monoisotopic (exact) mass is 394 g/mol. The van der Waals surface area contributed by atoms with Crippen molar-refractivity contribution in [3.8, 4) is 5.69 Å².